The Balaban J connectivity index is 2.79. The number of halogens is 1. The molecule has 1 rings (SSSR count). The number of rotatable bonds is 4. The number of carbonyl (C=O) groups excluding carboxylic acids is 1. The molecule has 1 unspecified atom stereocenters. The molecule has 0 spiro atoms. The van der Waals surface area contributed by atoms with Crippen molar-refractivity contribution in [3.63, 3.8) is 0 Å². The standard InChI is InChI=1S/C14H20FNO/c1-14(2,3)12(10-16-13(17)9-15)11-7-5-4-6-8-11/h4-8,12H,9-10H2,1-3H3,(H,16,17). The zero-order chi connectivity index (χ0) is 12.9. The van der Waals surface area contributed by atoms with E-state index in [0.717, 1.165) is 0 Å². The lowest BCUT2D eigenvalue weighted by atomic mass is 9.76. The van der Waals surface area contributed by atoms with Crippen molar-refractivity contribution in [2.24, 2.45) is 5.41 Å². The smallest absolute Gasteiger partial charge is 0.251 e. The quantitative estimate of drug-likeness (QED) is 0.857. The molecule has 0 radical (unpaired) electrons. The molecular weight excluding hydrogens is 217 g/mol. The van der Waals surface area contributed by atoms with Gasteiger partial charge in [-0.3, -0.25) is 4.79 Å². The molecule has 2 nitrogen and oxygen atoms in total. The molecule has 0 saturated carbocycles. The first-order chi connectivity index (χ1) is 7.95. The minimum atomic E-state index is -0.953. The van der Waals surface area contributed by atoms with Crippen LogP contribution in [-0.4, -0.2) is 19.1 Å². The van der Waals surface area contributed by atoms with Crippen LogP contribution >= 0.6 is 0 Å². The van der Waals surface area contributed by atoms with Crippen LogP contribution < -0.4 is 5.32 Å². The Labute approximate surface area is 102 Å². The molecule has 0 fully saturated rings. The predicted molar refractivity (Wildman–Crippen MR) is 67.6 cm³/mol. The lowest BCUT2D eigenvalue weighted by Crippen LogP contribution is -2.34. The summed E-state index contributed by atoms with van der Waals surface area (Å²) in [5.41, 5.74) is 1.18. The van der Waals surface area contributed by atoms with Gasteiger partial charge < -0.3 is 5.32 Å². The van der Waals surface area contributed by atoms with Crippen LogP contribution in [0.3, 0.4) is 0 Å². The second-order valence-electron chi connectivity index (χ2n) is 5.27. The summed E-state index contributed by atoms with van der Waals surface area (Å²) in [5, 5.41) is 2.62. The average Bonchev–Trinajstić information content (AvgIpc) is 2.28. The van der Waals surface area contributed by atoms with Crippen molar-refractivity contribution in [1.82, 2.24) is 5.32 Å². The van der Waals surface area contributed by atoms with Gasteiger partial charge in [0.1, 0.15) is 0 Å². The monoisotopic (exact) mass is 237 g/mol. The highest BCUT2D eigenvalue weighted by molar-refractivity contribution is 5.77. The molecule has 0 aromatic heterocycles. The van der Waals surface area contributed by atoms with E-state index in [1.807, 2.05) is 30.3 Å². The van der Waals surface area contributed by atoms with Gasteiger partial charge in [-0.25, -0.2) is 4.39 Å². The summed E-state index contributed by atoms with van der Waals surface area (Å²) in [5.74, 6) is -0.366. The van der Waals surface area contributed by atoms with Crippen molar-refractivity contribution in [2.75, 3.05) is 13.2 Å². The van der Waals surface area contributed by atoms with Crippen molar-refractivity contribution in [2.45, 2.75) is 26.7 Å². The minimum absolute atomic E-state index is 0.0188. The van der Waals surface area contributed by atoms with Crippen LogP contribution in [0.15, 0.2) is 30.3 Å². The van der Waals surface area contributed by atoms with Crippen LogP contribution in [-0.2, 0) is 4.79 Å². The van der Waals surface area contributed by atoms with E-state index in [1.165, 1.54) is 5.56 Å². The number of alkyl halides is 1. The van der Waals surface area contributed by atoms with E-state index in [9.17, 15) is 9.18 Å². The molecule has 0 bridgehead atoms. The third-order valence-electron chi connectivity index (χ3n) is 2.87. The fourth-order valence-corrected chi connectivity index (χ4v) is 1.87. The van der Waals surface area contributed by atoms with E-state index in [2.05, 4.69) is 26.1 Å². The SMILES string of the molecule is CC(C)(C)C(CNC(=O)CF)c1ccccc1. The highest BCUT2D eigenvalue weighted by atomic mass is 19.1. The summed E-state index contributed by atoms with van der Waals surface area (Å²) in [6.45, 7) is 5.87. The van der Waals surface area contributed by atoms with Gasteiger partial charge in [0, 0.05) is 12.5 Å². The van der Waals surface area contributed by atoms with Crippen molar-refractivity contribution in [3.8, 4) is 0 Å². The Morgan fingerprint density at radius 2 is 1.88 bits per heavy atom. The summed E-state index contributed by atoms with van der Waals surface area (Å²) < 4.78 is 12.1. The fourth-order valence-electron chi connectivity index (χ4n) is 1.87. The number of benzene rings is 1. The van der Waals surface area contributed by atoms with E-state index >= 15 is 0 Å². The van der Waals surface area contributed by atoms with Gasteiger partial charge in [0.2, 0.25) is 0 Å². The zero-order valence-corrected chi connectivity index (χ0v) is 10.7. The molecule has 1 N–H and O–H groups in total. The summed E-state index contributed by atoms with van der Waals surface area (Å²) >= 11 is 0. The first-order valence-corrected chi connectivity index (χ1v) is 5.82. The van der Waals surface area contributed by atoms with Gasteiger partial charge in [0.15, 0.2) is 6.67 Å². The second-order valence-corrected chi connectivity index (χ2v) is 5.27. The van der Waals surface area contributed by atoms with Crippen LogP contribution in [0.5, 0.6) is 0 Å². The Morgan fingerprint density at radius 1 is 1.29 bits per heavy atom. The Bertz CT molecular complexity index is 356. The highest BCUT2D eigenvalue weighted by Crippen LogP contribution is 2.34. The van der Waals surface area contributed by atoms with E-state index in [-0.39, 0.29) is 11.3 Å². The molecule has 1 aromatic rings. The molecule has 3 heteroatoms. The normalized spacial score (nSPS) is 13.2. The molecule has 1 amide bonds. The number of carbonyl (C=O) groups is 1. The molecule has 0 aliphatic heterocycles. The Kier molecular flexibility index (Phi) is 4.67. The van der Waals surface area contributed by atoms with Crippen LogP contribution in [0.1, 0.15) is 32.3 Å². The molecule has 0 heterocycles. The number of nitrogens with one attached hydrogen (secondary N) is 1. The predicted octanol–water partition coefficient (Wildman–Crippen LogP) is 2.90. The van der Waals surface area contributed by atoms with Gasteiger partial charge in [-0.2, -0.15) is 0 Å². The molecule has 0 aliphatic carbocycles. The summed E-state index contributed by atoms with van der Waals surface area (Å²) in [4.78, 5) is 11.0. The van der Waals surface area contributed by atoms with Crippen LogP contribution in [0, 0.1) is 5.41 Å². The lowest BCUT2D eigenvalue weighted by Gasteiger charge is -2.31. The number of amides is 1. The van der Waals surface area contributed by atoms with E-state index in [0.29, 0.717) is 6.54 Å². The summed E-state index contributed by atoms with van der Waals surface area (Å²) in [7, 11) is 0. The highest BCUT2D eigenvalue weighted by Gasteiger charge is 2.26. The summed E-state index contributed by atoms with van der Waals surface area (Å²) in [6, 6.07) is 9.99. The number of hydrogen-bond donors (Lipinski definition) is 1. The third kappa shape index (κ3) is 4.17. The molecule has 1 aromatic carbocycles. The van der Waals surface area contributed by atoms with Crippen molar-refractivity contribution >= 4 is 5.91 Å². The van der Waals surface area contributed by atoms with Crippen molar-refractivity contribution in [1.29, 1.82) is 0 Å². The topological polar surface area (TPSA) is 29.1 Å². The molecule has 1 atom stereocenters. The zero-order valence-electron chi connectivity index (χ0n) is 10.7. The van der Waals surface area contributed by atoms with Gasteiger partial charge in [-0.1, -0.05) is 51.1 Å². The molecule has 0 saturated heterocycles. The van der Waals surface area contributed by atoms with Gasteiger partial charge in [-0.05, 0) is 11.0 Å². The number of hydrogen-bond acceptors (Lipinski definition) is 1. The second kappa shape index (κ2) is 5.80. The maximum absolute atomic E-state index is 12.1. The fraction of sp³-hybridized carbons (Fsp3) is 0.500. The first kappa shape index (κ1) is 13.7. The van der Waals surface area contributed by atoms with Gasteiger partial charge in [0.25, 0.3) is 5.91 Å². The average molecular weight is 237 g/mol. The van der Waals surface area contributed by atoms with E-state index in [4.69, 9.17) is 0 Å². The van der Waals surface area contributed by atoms with Gasteiger partial charge in [-0.15, -0.1) is 0 Å². The van der Waals surface area contributed by atoms with Crippen molar-refractivity contribution in [3.05, 3.63) is 35.9 Å². The molecule has 0 aliphatic rings. The Morgan fingerprint density at radius 3 is 2.35 bits per heavy atom. The minimum Gasteiger partial charge on any atom is -0.353 e. The first-order valence-electron chi connectivity index (χ1n) is 5.82. The van der Waals surface area contributed by atoms with Crippen LogP contribution in [0.4, 0.5) is 4.39 Å². The molecule has 94 valence electrons. The molecular formula is C14H20FNO. The lowest BCUT2D eigenvalue weighted by molar-refractivity contribution is -0.122. The third-order valence-corrected chi connectivity index (χ3v) is 2.87. The Hall–Kier alpha value is -1.38. The maximum Gasteiger partial charge on any atom is 0.251 e. The maximum atomic E-state index is 12.1. The van der Waals surface area contributed by atoms with Gasteiger partial charge >= 0.3 is 0 Å². The van der Waals surface area contributed by atoms with E-state index in [1.54, 1.807) is 0 Å². The van der Waals surface area contributed by atoms with E-state index < -0.39 is 12.6 Å². The largest absolute Gasteiger partial charge is 0.353 e. The molecule has 17 heavy (non-hydrogen) atoms. The summed E-state index contributed by atoms with van der Waals surface area (Å²) in [6.07, 6.45) is 0. The van der Waals surface area contributed by atoms with Gasteiger partial charge in [0.05, 0.1) is 0 Å². The van der Waals surface area contributed by atoms with Crippen LogP contribution in [0.25, 0.3) is 0 Å². The van der Waals surface area contributed by atoms with Crippen molar-refractivity contribution < 1.29 is 9.18 Å². The van der Waals surface area contributed by atoms with Crippen LogP contribution in [0.2, 0.25) is 0 Å².